The highest BCUT2D eigenvalue weighted by molar-refractivity contribution is 9.10. The zero-order chi connectivity index (χ0) is 11.3. The van der Waals surface area contributed by atoms with Crippen LogP contribution in [-0.4, -0.2) is 18.3 Å². The molecule has 1 rings (SSSR count). The molecule has 2 N–H and O–H groups in total. The third-order valence-corrected chi connectivity index (χ3v) is 2.52. The van der Waals surface area contributed by atoms with Gasteiger partial charge in [-0.1, -0.05) is 0 Å². The van der Waals surface area contributed by atoms with Gasteiger partial charge in [-0.3, -0.25) is 0 Å². The lowest BCUT2D eigenvalue weighted by atomic mass is 10.2. The number of rotatable bonds is 5. The van der Waals surface area contributed by atoms with E-state index < -0.39 is 11.6 Å². The maximum absolute atomic E-state index is 13.2. The van der Waals surface area contributed by atoms with Crippen molar-refractivity contribution < 1.29 is 13.9 Å². The summed E-state index contributed by atoms with van der Waals surface area (Å²) >= 11 is 3.08. The molecule has 1 aromatic carbocycles. The molecule has 0 saturated carbocycles. The van der Waals surface area contributed by atoms with Crippen LogP contribution >= 0.6 is 15.9 Å². The van der Waals surface area contributed by atoms with Gasteiger partial charge in [-0.15, -0.1) is 0 Å². The van der Waals surface area contributed by atoms with Gasteiger partial charge in [-0.25, -0.2) is 8.78 Å². The minimum absolute atomic E-state index is 0.120. The van der Waals surface area contributed by atoms with Crippen LogP contribution in [0.2, 0.25) is 0 Å². The van der Waals surface area contributed by atoms with Crippen LogP contribution in [0.5, 0.6) is 0 Å². The lowest BCUT2D eigenvalue weighted by Gasteiger charge is -2.09. The van der Waals surface area contributed by atoms with Crippen molar-refractivity contribution in [3.63, 3.8) is 0 Å². The Morgan fingerprint density at radius 2 is 2.00 bits per heavy atom. The molecule has 0 fully saturated rings. The summed E-state index contributed by atoms with van der Waals surface area (Å²) in [6, 6.07) is 2.04. The SMILES string of the molecule is OCCCCNc1c(F)cc(F)cc1Br. The van der Waals surface area contributed by atoms with Crippen LogP contribution in [0.1, 0.15) is 12.8 Å². The van der Waals surface area contributed by atoms with Crippen LogP contribution in [0.15, 0.2) is 16.6 Å². The average molecular weight is 280 g/mol. The molecule has 0 amide bonds. The van der Waals surface area contributed by atoms with E-state index in [1.165, 1.54) is 6.07 Å². The highest BCUT2D eigenvalue weighted by atomic mass is 79.9. The largest absolute Gasteiger partial charge is 0.396 e. The summed E-state index contributed by atoms with van der Waals surface area (Å²) in [6.45, 7) is 0.663. The Hall–Kier alpha value is -0.680. The number of anilines is 1. The van der Waals surface area contributed by atoms with E-state index in [0.29, 0.717) is 17.4 Å². The Bertz CT molecular complexity index is 310. The second-order valence-electron chi connectivity index (χ2n) is 3.10. The summed E-state index contributed by atoms with van der Waals surface area (Å²) in [5.74, 6) is -1.23. The number of halogens is 3. The van der Waals surface area contributed by atoms with E-state index in [-0.39, 0.29) is 12.3 Å². The molecule has 1 aromatic rings. The van der Waals surface area contributed by atoms with Crippen molar-refractivity contribution in [1.29, 1.82) is 0 Å². The van der Waals surface area contributed by atoms with E-state index >= 15 is 0 Å². The maximum atomic E-state index is 13.2. The molecule has 0 aliphatic rings. The van der Waals surface area contributed by atoms with Gasteiger partial charge in [-0.05, 0) is 34.8 Å². The minimum Gasteiger partial charge on any atom is -0.396 e. The minimum atomic E-state index is -0.620. The summed E-state index contributed by atoms with van der Waals surface area (Å²) < 4.78 is 26.3. The van der Waals surface area contributed by atoms with E-state index in [2.05, 4.69) is 21.2 Å². The van der Waals surface area contributed by atoms with Crippen LogP contribution in [0.4, 0.5) is 14.5 Å². The molecule has 0 bridgehead atoms. The lowest BCUT2D eigenvalue weighted by molar-refractivity contribution is 0.286. The number of benzene rings is 1. The van der Waals surface area contributed by atoms with Crippen LogP contribution < -0.4 is 5.32 Å². The number of aliphatic hydroxyl groups excluding tert-OH is 1. The average Bonchev–Trinajstić information content (AvgIpc) is 2.15. The second-order valence-corrected chi connectivity index (χ2v) is 3.96. The van der Waals surface area contributed by atoms with Gasteiger partial charge in [0.25, 0.3) is 0 Å². The zero-order valence-corrected chi connectivity index (χ0v) is 9.65. The van der Waals surface area contributed by atoms with E-state index in [0.717, 1.165) is 12.5 Å². The van der Waals surface area contributed by atoms with Crippen molar-refractivity contribution in [3.05, 3.63) is 28.2 Å². The molecule has 0 radical (unpaired) electrons. The van der Waals surface area contributed by atoms with E-state index in [9.17, 15) is 8.78 Å². The van der Waals surface area contributed by atoms with Crippen LogP contribution in [0.3, 0.4) is 0 Å². The third kappa shape index (κ3) is 3.76. The maximum Gasteiger partial charge on any atom is 0.150 e. The molecule has 84 valence electrons. The molecule has 0 aromatic heterocycles. The lowest BCUT2D eigenvalue weighted by Crippen LogP contribution is -2.05. The highest BCUT2D eigenvalue weighted by Gasteiger charge is 2.08. The summed E-state index contributed by atoms with van der Waals surface area (Å²) in [7, 11) is 0. The number of nitrogens with one attached hydrogen (secondary N) is 1. The number of unbranched alkanes of at least 4 members (excludes halogenated alkanes) is 1. The number of hydrogen-bond donors (Lipinski definition) is 2. The quantitative estimate of drug-likeness (QED) is 0.813. The predicted molar refractivity (Wildman–Crippen MR) is 58.9 cm³/mol. The van der Waals surface area contributed by atoms with Gasteiger partial charge in [0.1, 0.15) is 11.6 Å². The Balaban J connectivity index is 2.60. The molecule has 0 spiro atoms. The molecule has 15 heavy (non-hydrogen) atoms. The number of hydrogen-bond acceptors (Lipinski definition) is 2. The normalized spacial score (nSPS) is 10.4. The van der Waals surface area contributed by atoms with E-state index in [1.54, 1.807) is 0 Å². The zero-order valence-electron chi connectivity index (χ0n) is 8.06. The highest BCUT2D eigenvalue weighted by Crippen LogP contribution is 2.26. The smallest absolute Gasteiger partial charge is 0.150 e. The van der Waals surface area contributed by atoms with Crippen molar-refractivity contribution in [2.45, 2.75) is 12.8 Å². The first-order valence-electron chi connectivity index (χ1n) is 4.64. The van der Waals surface area contributed by atoms with E-state index in [1.807, 2.05) is 0 Å². The number of aliphatic hydroxyl groups is 1. The monoisotopic (exact) mass is 279 g/mol. The topological polar surface area (TPSA) is 32.3 Å². The molecule has 0 saturated heterocycles. The van der Waals surface area contributed by atoms with Crippen LogP contribution in [-0.2, 0) is 0 Å². The van der Waals surface area contributed by atoms with Crippen LogP contribution in [0.25, 0.3) is 0 Å². The molecule has 0 atom stereocenters. The van der Waals surface area contributed by atoms with Gasteiger partial charge in [0.15, 0.2) is 0 Å². The first-order chi connectivity index (χ1) is 7.15. The van der Waals surface area contributed by atoms with Crippen LogP contribution in [0, 0.1) is 11.6 Å². The third-order valence-electron chi connectivity index (χ3n) is 1.89. The molecular weight excluding hydrogens is 268 g/mol. The standard InChI is InChI=1S/C10H12BrF2NO/c11-8-5-7(12)6-9(13)10(8)14-3-1-2-4-15/h5-6,14-15H,1-4H2. The molecule has 2 nitrogen and oxygen atoms in total. The van der Waals surface area contributed by atoms with Crippen molar-refractivity contribution in [1.82, 2.24) is 0 Å². The first kappa shape index (κ1) is 12.4. The van der Waals surface area contributed by atoms with Gasteiger partial charge in [0.2, 0.25) is 0 Å². The van der Waals surface area contributed by atoms with Gasteiger partial charge >= 0.3 is 0 Å². The second kappa shape index (κ2) is 6.02. The summed E-state index contributed by atoms with van der Waals surface area (Å²) in [6.07, 6.45) is 1.40. The summed E-state index contributed by atoms with van der Waals surface area (Å²) in [5, 5.41) is 11.4. The summed E-state index contributed by atoms with van der Waals surface area (Å²) in [4.78, 5) is 0. The van der Waals surface area contributed by atoms with Gasteiger partial charge < -0.3 is 10.4 Å². The molecule has 0 aliphatic carbocycles. The van der Waals surface area contributed by atoms with Gasteiger partial charge in [0, 0.05) is 23.7 Å². The fraction of sp³-hybridized carbons (Fsp3) is 0.400. The fourth-order valence-corrected chi connectivity index (χ4v) is 1.71. The summed E-state index contributed by atoms with van der Waals surface area (Å²) in [5.41, 5.74) is 0.259. The van der Waals surface area contributed by atoms with Gasteiger partial charge in [-0.2, -0.15) is 0 Å². The van der Waals surface area contributed by atoms with Crippen molar-refractivity contribution in [3.8, 4) is 0 Å². The molecule has 0 heterocycles. The Morgan fingerprint density at radius 1 is 1.27 bits per heavy atom. The molecule has 5 heteroatoms. The molecule has 0 unspecified atom stereocenters. The molecular formula is C10H12BrF2NO. The van der Waals surface area contributed by atoms with Crippen molar-refractivity contribution >= 4 is 21.6 Å². The Kier molecular flexibility index (Phi) is 4.98. The fourth-order valence-electron chi connectivity index (χ4n) is 1.16. The Morgan fingerprint density at radius 3 is 2.60 bits per heavy atom. The van der Waals surface area contributed by atoms with Gasteiger partial charge in [0.05, 0.1) is 5.69 Å². The first-order valence-corrected chi connectivity index (χ1v) is 5.43. The van der Waals surface area contributed by atoms with Crippen molar-refractivity contribution in [2.24, 2.45) is 0 Å². The predicted octanol–water partition coefficient (Wildman–Crippen LogP) is 2.91. The Labute approximate surface area is 95.4 Å². The van der Waals surface area contributed by atoms with E-state index in [4.69, 9.17) is 5.11 Å². The molecule has 0 aliphatic heterocycles. The van der Waals surface area contributed by atoms with Crippen molar-refractivity contribution in [2.75, 3.05) is 18.5 Å².